The summed E-state index contributed by atoms with van der Waals surface area (Å²) >= 11 is 0. The summed E-state index contributed by atoms with van der Waals surface area (Å²) in [5.41, 5.74) is 0.605. The lowest BCUT2D eigenvalue weighted by atomic mass is 9.94. The molecule has 138 valence electrons. The number of benzene rings is 1. The van der Waals surface area contributed by atoms with Crippen LogP contribution in [0.5, 0.6) is 0 Å². The minimum atomic E-state index is -3.47. The van der Waals surface area contributed by atoms with Gasteiger partial charge in [-0.3, -0.25) is 9.69 Å². The van der Waals surface area contributed by atoms with Gasteiger partial charge in [0, 0.05) is 44.8 Å². The number of hydrogen-bond donors (Lipinski definition) is 1. The zero-order valence-electron chi connectivity index (χ0n) is 14.8. The Balaban J connectivity index is 1.62. The second kappa shape index (κ2) is 7.85. The van der Waals surface area contributed by atoms with Gasteiger partial charge in [-0.1, -0.05) is 19.3 Å². The molecule has 1 amide bonds. The monoisotopic (exact) mass is 365 g/mol. The number of hydrogen-bond acceptors (Lipinski definition) is 4. The van der Waals surface area contributed by atoms with Crippen LogP contribution in [0.3, 0.4) is 0 Å². The van der Waals surface area contributed by atoms with Crippen molar-refractivity contribution in [3.8, 4) is 0 Å². The second-order valence-electron chi connectivity index (χ2n) is 6.94. The largest absolute Gasteiger partial charge is 0.326 e. The standard InChI is InChI=1S/C18H27N3O3S/c1-15(22)19-16-7-9-18(10-8-16)25(23,24)21-13-11-20(12-14-21)17-5-3-2-4-6-17/h7-10,17H,2-6,11-14H2,1H3,(H,19,22). The highest BCUT2D eigenvalue weighted by molar-refractivity contribution is 7.89. The molecule has 3 rings (SSSR count). The number of nitrogens with zero attached hydrogens (tertiary/aromatic N) is 2. The van der Waals surface area contributed by atoms with E-state index in [2.05, 4.69) is 10.2 Å². The molecule has 0 aromatic heterocycles. The van der Waals surface area contributed by atoms with Crippen LogP contribution in [0.15, 0.2) is 29.2 Å². The highest BCUT2D eigenvalue weighted by atomic mass is 32.2. The molecule has 6 nitrogen and oxygen atoms in total. The number of carbonyl (C=O) groups is 1. The minimum Gasteiger partial charge on any atom is -0.326 e. The van der Waals surface area contributed by atoms with Crippen LogP contribution in [-0.2, 0) is 14.8 Å². The molecule has 0 atom stereocenters. The first kappa shape index (κ1) is 18.4. The van der Waals surface area contributed by atoms with E-state index in [4.69, 9.17) is 0 Å². The molecule has 0 radical (unpaired) electrons. The topological polar surface area (TPSA) is 69.7 Å². The number of carbonyl (C=O) groups excluding carboxylic acids is 1. The average Bonchev–Trinajstić information content (AvgIpc) is 2.62. The molecular weight excluding hydrogens is 338 g/mol. The van der Waals surface area contributed by atoms with Gasteiger partial charge in [-0.15, -0.1) is 0 Å². The molecule has 1 aliphatic carbocycles. The third-order valence-electron chi connectivity index (χ3n) is 5.18. The minimum absolute atomic E-state index is 0.172. The van der Waals surface area contributed by atoms with Crippen molar-refractivity contribution in [1.82, 2.24) is 9.21 Å². The molecule has 1 saturated carbocycles. The Hall–Kier alpha value is -1.44. The van der Waals surface area contributed by atoms with E-state index in [9.17, 15) is 13.2 Å². The van der Waals surface area contributed by atoms with E-state index in [1.807, 2.05) is 0 Å². The summed E-state index contributed by atoms with van der Waals surface area (Å²) in [6.07, 6.45) is 6.42. The molecule has 7 heteroatoms. The van der Waals surface area contributed by atoms with Crippen molar-refractivity contribution < 1.29 is 13.2 Å². The number of piperazine rings is 1. The molecule has 25 heavy (non-hydrogen) atoms. The fraction of sp³-hybridized carbons (Fsp3) is 0.611. The zero-order chi connectivity index (χ0) is 17.9. The first-order valence-corrected chi connectivity index (χ1v) is 10.5. The lowest BCUT2D eigenvalue weighted by Gasteiger charge is -2.40. The molecule has 2 aliphatic rings. The predicted molar refractivity (Wildman–Crippen MR) is 98.0 cm³/mol. The summed E-state index contributed by atoms with van der Waals surface area (Å²) in [4.78, 5) is 13.8. The van der Waals surface area contributed by atoms with Gasteiger partial charge in [0.05, 0.1) is 4.90 Å². The van der Waals surface area contributed by atoms with Gasteiger partial charge in [-0.25, -0.2) is 8.42 Å². The third-order valence-corrected chi connectivity index (χ3v) is 7.09. The highest BCUT2D eigenvalue weighted by Crippen LogP contribution is 2.25. The number of nitrogens with one attached hydrogen (secondary N) is 1. The van der Waals surface area contributed by atoms with Crippen molar-refractivity contribution in [3.63, 3.8) is 0 Å². The lowest BCUT2D eigenvalue weighted by Crippen LogP contribution is -2.52. The van der Waals surface area contributed by atoms with E-state index >= 15 is 0 Å². The Morgan fingerprint density at radius 2 is 1.60 bits per heavy atom. The van der Waals surface area contributed by atoms with Crippen LogP contribution in [0.2, 0.25) is 0 Å². The molecule has 1 heterocycles. The van der Waals surface area contributed by atoms with Gasteiger partial charge in [-0.05, 0) is 37.1 Å². The van der Waals surface area contributed by atoms with Crippen LogP contribution < -0.4 is 5.32 Å². The van der Waals surface area contributed by atoms with E-state index in [-0.39, 0.29) is 10.8 Å². The average molecular weight is 365 g/mol. The third kappa shape index (κ3) is 4.40. The van der Waals surface area contributed by atoms with Gasteiger partial charge >= 0.3 is 0 Å². The summed E-state index contributed by atoms with van der Waals surface area (Å²) in [7, 11) is -3.47. The van der Waals surface area contributed by atoms with E-state index in [0.717, 1.165) is 13.1 Å². The summed E-state index contributed by atoms with van der Waals surface area (Å²) in [6, 6.07) is 7.02. The number of anilines is 1. The summed E-state index contributed by atoms with van der Waals surface area (Å²) in [6.45, 7) is 4.15. The van der Waals surface area contributed by atoms with Gasteiger partial charge in [0.1, 0.15) is 0 Å². The molecule has 1 aromatic carbocycles. The van der Waals surface area contributed by atoms with Crippen LogP contribution in [0.25, 0.3) is 0 Å². The van der Waals surface area contributed by atoms with Crippen molar-refractivity contribution in [2.75, 3.05) is 31.5 Å². The Kier molecular flexibility index (Phi) is 5.76. The molecule has 1 N–H and O–H groups in total. The number of amides is 1. The van der Waals surface area contributed by atoms with E-state index in [0.29, 0.717) is 24.8 Å². The molecule has 0 unspecified atom stereocenters. The molecule has 0 bridgehead atoms. The van der Waals surface area contributed by atoms with Crippen LogP contribution in [0, 0.1) is 0 Å². The zero-order valence-corrected chi connectivity index (χ0v) is 15.6. The van der Waals surface area contributed by atoms with Crippen molar-refractivity contribution in [2.45, 2.75) is 50.0 Å². The van der Waals surface area contributed by atoms with Crippen LogP contribution in [0.1, 0.15) is 39.0 Å². The molecular formula is C18H27N3O3S. The first-order valence-electron chi connectivity index (χ1n) is 9.09. The maximum atomic E-state index is 12.8. The smallest absolute Gasteiger partial charge is 0.243 e. The molecule has 1 saturated heterocycles. The Morgan fingerprint density at radius 1 is 1.00 bits per heavy atom. The quantitative estimate of drug-likeness (QED) is 0.889. The summed E-state index contributed by atoms with van der Waals surface area (Å²) < 4.78 is 27.2. The first-order chi connectivity index (χ1) is 12.0. The van der Waals surface area contributed by atoms with E-state index < -0.39 is 10.0 Å². The normalized spacial score (nSPS) is 21.2. The number of rotatable bonds is 4. The summed E-state index contributed by atoms with van der Waals surface area (Å²) in [5, 5.41) is 2.65. The van der Waals surface area contributed by atoms with Crippen molar-refractivity contribution in [1.29, 1.82) is 0 Å². The Morgan fingerprint density at radius 3 is 2.16 bits per heavy atom. The fourth-order valence-electron chi connectivity index (χ4n) is 3.82. The molecule has 1 aromatic rings. The fourth-order valence-corrected chi connectivity index (χ4v) is 5.24. The maximum absolute atomic E-state index is 12.8. The van der Waals surface area contributed by atoms with E-state index in [1.54, 1.807) is 28.6 Å². The van der Waals surface area contributed by atoms with Crippen molar-refractivity contribution in [2.24, 2.45) is 0 Å². The van der Waals surface area contributed by atoms with Gasteiger partial charge in [0.2, 0.25) is 15.9 Å². The van der Waals surface area contributed by atoms with Crippen LogP contribution in [0.4, 0.5) is 5.69 Å². The van der Waals surface area contributed by atoms with Gasteiger partial charge in [0.25, 0.3) is 0 Å². The lowest BCUT2D eigenvalue weighted by molar-refractivity contribution is -0.114. The SMILES string of the molecule is CC(=O)Nc1ccc(S(=O)(=O)N2CCN(C3CCCCC3)CC2)cc1. The van der Waals surface area contributed by atoms with Crippen LogP contribution >= 0.6 is 0 Å². The predicted octanol–water partition coefficient (Wildman–Crippen LogP) is 2.28. The van der Waals surface area contributed by atoms with Gasteiger partial charge in [-0.2, -0.15) is 4.31 Å². The van der Waals surface area contributed by atoms with Gasteiger partial charge < -0.3 is 5.32 Å². The molecule has 1 aliphatic heterocycles. The molecule has 0 spiro atoms. The van der Waals surface area contributed by atoms with Crippen molar-refractivity contribution in [3.05, 3.63) is 24.3 Å². The number of sulfonamides is 1. The highest BCUT2D eigenvalue weighted by Gasteiger charge is 2.31. The maximum Gasteiger partial charge on any atom is 0.243 e. The summed E-state index contributed by atoms with van der Waals surface area (Å²) in [5.74, 6) is -0.172. The van der Waals surface area contributed by atoms with Crippen LogP contribution in [-0.4, -0.2) is 55.8 Å². The Bertz CT molecular complexity index is 689. The Labute approximate surface area is 150 Å². The van der Waals surface area contributed by atoms with Gasteiger partial charge in [0.15, 0.2) is 0 Å². The van der Waals surface area contributed by atoms with E-state index in [1.165, 1.54) is 39.0 Å². The second-order valence-corrected chi connectivity index (χ2v) is 8.88. The molecule has 2 fully saturated rings. The van der Waals surface area contributed by atoms with Crippen molar-refractivity contribution >= 4 is 21.6 Å².